The third kappa shape index (κ3) is 7.29. The van der Waals surface area contributed by atoms with Crippen LogP contribution in [0, 0.1) is 5.92 Å². The first-order chi connectivity index (χ1) is 9.15. The Morgan fingerprint density at radius 2 is 1.80 bits per heavy atom. The van der Waals surface area contributed by atoms with Gasteiger partial charge in [0.1, 0.15) is 5.75 Å². The fourth-order valence-electron chi connectivity index (χ4n) is 2.15. The van der Waals surface area contributed by atoms with Crippen LogP contribution in [-0.4, -0.2) is 52.3 Å². The van der Waals surface area contributed by atoms with Crippen molar-refractivity contribution in [1.29, 1.82) is 0 Å². The van der Waals surface area contributed by atoms with Crippen LogP contribution >= 0.6 is 0 Å². The number of aromatic hydroxyl groups is 1. The normalized spacial score (nSPS) is 11.7. The average molecular weight is 289 g/mol. The Bertz CT molecular complexity index is 398. The SMILES string of the molecule is NCCCCCCC(Cc1ccccc1O)C(=O)O.[NaH]. The zero-order valence-electron chi connectivity index (χ0n) is 11.2. The molecule has 0 aliphatic rings. The van der Waals surface area contributed by atoms with Crippen LogP contribution < -0.4 is 5.73 Å². The molecule has 1 atom stereocenters. The zero-order chi connectivity index (χ0) is 14.1. The number of unbranched alkanes of at least 4 members (excludes halogenated alkanes) is 3. The van der Waals surface area contributed by atoms with Gasteiger partial charge in [-0.1, -0.05) is 37.5 Å². The number of phenols is 1. The zero-order valence-corrected chi connectivity index (χ0v) is 11.2. The standard InChI is InChI=1S/C15H23NO3.Na.H/c16-10-6-2-1-3-8-13(15(18)19)11-12-7-4-5-9-14(12)17;;/h4-5,7,9,13,17H,1-3,6,8,10-11,16H2,(H,18,19);;. The first-order valence-corrected chi connectivity index (χ1v) is 6.85. The third-order valence-corrected chi connectivity index (χ3v) is 3.31. The second-order valence-corrected chi connectivity index (χ2v) is 4.86. The number of aliphatic carboxylic acids is 1. The number of phenolic OH excluding ortho intramolecular Hbond substituents is 1. The van der Waals surface area contributed by atoms with Gasteiger partial charge in [-0.3, -0.25) is 4.79 Å². The number of benzene rings is 1. The molecule has 0 bridgehead atoms. The second-order valence-electron chi connectivity index (χ2n) is 4.86. The Hall–Kier alpha value is -0.550. The molecule has 0 radical (unpaired) electrons. The van der Waals surface area contributed by atoms with E-state index in [0.29, 0.717) is 24.9 Å². The Labute approximate surface area is 142 Å². The van der Waals surface area contributed by atoms with Crippen molar-refractivity contribution in [3.63, 3.8) is 0 Å². The number of carboxylic acid groups (broad SMARTS) is 1. The molecule has 0 aliphatic heterocycles. The molecule has 0 saturated heterocycles. The molecule has 0 aromatic heterocycles. The van der Waals surface area contributed by atoms with Crippen LogP contribution in [0.4, 0.5) is 0 Å². The van der Waals surface area contributed by atoms with E-state index in [2.05, 4.69) is 0 Å². The van der Waals surface area contributed by atoms with E-state index >= 15 is 0 Å². The molecule has 0 heterocycles. The van der Waals surface area contributed by atoms with Crippen LogP contribution in [0.3, 0.4) is 0 Å². The molecule has 0 spiro atoms. The van der Waals surface area contributed by atoms with Gasteiger partial charge in [-0.15, -0.1) is 0 Å². The van der Waals surface area contributed by atoms with E-state index in [0.717, 1.165) is 25.7 Å². The van der Waals surface area contributed by atoms with Gasteiger partial charge < -0.3 is 15.9 Å². The monoisotopic (exact) mass is 289 g/mol. The van der Waals surface area contributed by atoms with Crippen LogP contribution in [0.1, 0.15) is 37.7 Å². The molecule has 1 unspecified atom stereocenters. The third-order valence-electron chi connectivity index (χ3n) is 3.31. The Kier molecular flexibility index (Phi) is 10.8. The predicted octanol–water partition coefficient (Wildman–Crippen LogP) is 1.90. The molecule has 0 saturated carbocycles. The Morgan fingerprint density at radius 1 is 1.15 bits per heavy atom. The number of carbonyl (C=O) groups is 1. The fraction of sp³-hybridized carbons (Fsp3) is 0.533. The summed E-state index contributed by atoms with van der Waals surface area (Å²) in [5, 5.41) is 18.9. The minimum absolute atomic E-state index is 0. The van der Waals surface area contributed by atoms with E-state index in [1.54, 1.807) is 18.2 Å². The number of hydrogen-bond acceptors (Lipinski definition) is 3. The number of carboxylic acids is 1. The Balaban J connectivity index is 0.00000361. The van der Waals surface area contributed by atoms with E-state index in [1.165, 1.54) is 0 Å². The average Bonchev–Trinajstić information content (AvgIpc) is 2.39. The molecule has 4 nitrogen and oxygen atoms in total. The summed E-state index contributed by atoms with van der Waals surface area (Å²) in [6.07, 6.45) is 5.00. The van der Waals surface area contributed by atoms with Gasteiger partial charge in [-0.2, -0.15) is 0 Å². The molecular formula is C15H24NNaO3. The van der Waals surface area contributed by atoms with Gasteiger partial charge in [0.05, 0.1) is 5.92 Å². The van der Waals surface area contributed by atoms with Gasteiger partial charge in [-0.25, -0.2) is 0 Å². The van der Waals surface area contributed by atoms with E-state index < -0.39 is 11.9 Å². The van der Waals surface area contributed by atoms with Crippen LogP contribution in [0.5, 0.6) is 5.75 Å². The van der Waals surface area contributed by atoms with Crippen LogP contribution in [0.15, 0.2) is 24.3 Å². The van der Waals surface area contributed by atoms with Crippen molar-refractivity contribution in [2.24, 2.45) is 11.7 Å². The maximum absolute atomic E-state index is 11.2. The van der Waals surface area contributed by atoms with Crippen molar-refractivity contribution in [2.45, 2.75) is 38.5 Å². The molecule has 0 amide bonds. The van der Waals surface area contributed by atoms with E-state index in [9.17, 15) is 15.0 Å². The summed E-state index contributed by atoms with van der Waals surface area (Å²) >= 11 is 0. The van der Waals surface area contributed by atoms with Gasteiger partial charge >= 0.3 is 35.5 Å². The second kappa shape index (κ2) is 11.1. The maximum atomic E-state index is 11.2. The summed E-state index contributed by atoms with van der Waals surface area (Å²) in [6, 6.07) is 6.92. The molecule has 1 aromatic carbocycles. The summed E-state index contributed by atoms with van der Waals surface area (Å²) in [5.41, 5.74) is 6.12. The van der Waals surface area contributed by atoms with Gasteiger partial charge in [0.2, 0.25) is 0 Å². The van der Waals surface area contributed by atoms with Gasteiger partial charge in [-0.05, 0) is 37.4 Å². The topological polar surface area (TPSA) is 83.5 Å². The van der Waals surface area contributed by atoms with Crippen molar-refractivity contribution < 1.29 is 15.0 Å². The van der Waals surface area contributed by atoms with Crippen molar-refractivity contribution in [3.8, 4) is 5.75 Å². The molecule has 0 fully saturated rings. The van der Waals surface area contributed by atoms with Gasteiger partial charge in [0.25, 0.3) is 0 Å². The molecular weight excluding hydrogens is 265 g/mol. The van der Waals surface area contributed by atoms with Gasteiger partial charge in [0, 0.05) is 0 Å². The van der Waals surface area contributed by atoms with Gasteiger partial charge in [0.15, 0.2) is 0 Å². The molecule has 1 rings (SSSR count). The fourth-order valence-corrected chi connectivity index (χ4v) is 2.15. The summed E-state index contributed by atoms with van der Waals surface area (Å²) < 4.78 is 0. The quantitative estimate of drug-likeness (QED) is 0.479. The Morgan fingerprint density at radius 3 is 2.40 bits per heavy atom. The molecule has 1 aromatic rings. The van der Waals surface area contributed by atoms with E-state index in [-0.39, 0.29) is 35.3 Å². The molecule has 5 heteroatoms. The first-order valence-electron chi connectivity index (χ1n) is 6.85. The summed E-state index contributed by atoms with van der Waals surface area (Å²) in [7, 11) is 0. The number of nitrogens with two attached hydrogens (primary N) is 1. The molecule has 108 valence electrons. The van der Waals surface area contributed by atoms with Crippen LogP contribution in [-0.2, 0) is 11.2 Å². The van der Waals surface area contributed by atoms with E-state index in [4.69, 9.17) is 5.73 Å². The van der Waals surface area contributed by atoms with Crippen molar-refractivity contribution >= 4 is 35.5 Å². The predicted molar refractivity (Wildman–Crippen MR) is 82.2 cm³/mol. The van der Waals surface area contributed by atoms with Crippen molar-refractivity contribution in [2.75, 3.05) is 6.54 Å². The number of para-hydroxylation sites is 1. The first kappa shape index (κ1) is 19.4. The molecule has 20 heavy (non-hydrogen) atoms. The van der Waals surface area contributed by atoms with E-state index in [1.807, 2.05) is 6.07 Å². The van der Waals surface area contributed by atoms with Crippen molar-refractivity contribution in [3.05, 3.63) is 29.8 Å². The molecule has 4 N–H and O–H groups in total. The van der Waals surface area contributed by atoms with Crippen LogP contribution in [0.25, 0.3) is 0 Å². The number of hydrogen-bond donors (Lipinski definition) is 3. The van der Waals surface area contributed by atoms with Crippen molar-refractivity contribution in [1.82, 2.24) is 0 Å². The number of rotatable bonds is 9. The minimum atomic E-state index is -0.790. The summed E-state index contributed by atoms with van der Waals surface area (Å²) in [4.78, 5) is 11.2. The molecule has 0 aliphatic carbocycles. The summed E-state index contributed by atoms with van der Waals surface area (Å²) in [5.74, 6) is -1.04. The summed E-state index contributed by atoms with van der Waals surface area (Å²) in [6.45, 7) is 0.695. The van der Waals surface area contributed by atoms with Crippen LogP contribution in [0.2, 0.25) is 0 Å².